The van der Waals surface area contributed by atoms with Crippen LogP contribution in [-0.2, 0) is 20.7 Å². The molecule has 6 atom stereocenters. The van der Waals surface area contributed by atoms with E-state index in [1.807, 2.05) is 51.1 Å². The lowest BCUT2D eigenvalue weighted by molar-refractivity contribution is -0.124. The van der Waals surface area contributed by atoms with Crippen LogP contribution in [0.15, 0.2) is 45.7 Å². The summed E-state index contributed by atoms with van der Waals surface area (Å²) < 4.78 is 5.99. The standard InChI is InChI=1S/C27H32N6O4S2/c1-13(2)20-25-33-21(15(4)37-25)24(36)28-14(3)26-30-18(11-38-26)22(34)29-17(10-16-8-6-5-7-9-16)27-31-19(12-39-27)23(35)32-20/h5-9,11,13-15,17,19-21H,10,12H2,1-4H3,(H,28,36)(H,29,34)(H,32,35)/t14-,15-,17-,19+,20+,21+/m1/s1. The fourth-order valence-electron chi connectivity index (χ4n) is 4.67. The maximum absolute atomic E-state index is 13.3. The van der Waals surface area contributed by atoms with Crippen molar-refractivity contribution in [2.45, 2.75) is 70.4 Å². The van der Waals surface area contributed by atoms with Crippen LogP contribution < -0.4 is 16.0 Å². The third kappa shape index (κ3) is 6.01. The van der Waals surface area contributed by atoms with Gasteiger partial charge in [0.15, 0.2) is 6.04 Å². The largest absolute Gasteiger partial charge is 0.474 e. The number of fused-ring (bicyclic) bond motifs is 4. The van der Waals surface area contributed by atoms with Gasteiger partial charge in [-0.3, -0.25) is 19.4 Å². The highest BCUT2D eigenvalue weighted by atomic mass is 32.2. The van der Waals surface area contributed by atoms with Crippen molar-refractivity contribution in [3.8, 4) is 0 Å². The number of nitrogens with one attached hydrogen (secondary N) is 3. The first-order chi connectivity index (χ1) is 18.7. The summed E-state index contributed by atoms with van der Waals surface area (Å²) in [5, 5.41) is 12.1. The van der Waals surface area contributed by atoms with Crippen molar-refractivity contribution in [1.29, 1.82) is 0 Å². The molecule has 12 heteroatoms. The SMILES string of the molecule is CC(C)[C@@H]1NC(=O)[C@@H]2CSC(=N2)[C@@H](Cc2ccccc2)NC(=O)c2csc(n2)[C@@H](C)NC(=O)[C@H]2N=C1O[C@@H]2C. The number of nitrogens with zero attached hydrogens (tertiary/aromatic N) is 3. The molecule has 10 nitrogen and oxygen atoms in total. The van der Waals surface area contributed by atoms with Gasteiger partial charge < -0.3 is 20.7 Å². The lowest BCUT2D eigenvalue weighted by Crippen LogP contribution is -2.48. The number of carbonyl (C=O) groups excluding carboxylic acids is 3. The minimum absolute atomic E-state index is 0.0254. The van der Waals surface area contributed by atoms with Gasteiger partial charge in [-0.05, 0) is 31.7 Å². The summed E-state index contributed by atoms with van der Waals surface area (Å²) in [6.45, 7) is 7.54. The summed E-state index contributed by atoms with van der Waals surface area (Å²) in [7, 11) is 0. The van der Waals surface area contributed by atoms with Crippen molar-refractivity contribution in [3.63, 3.8) is 0 Å². The highest BCUT2D eigenvalue weighted by Crippen LogP contribution is 2.26. The van der Waals surface area contributed by atoms with E-state index in [-0.39, 0.29) is 29.3 Å². The van der Waals surface area contributed by atoms with Crippen LogP contribution in [-0.4, -0.2) is 69.7 Å². The van der Waals surface area contributed by atoms with E-state index < -0.39 is 36.3 Å². The molecule has 0 saturated heterocycles. The van der Waals surface area contributed by atoms with Gasteiger partial charge in [0.2, 0.25) is 17.7 Å². The molecular formula is C27H32N6O4S2. The van der Waals surface area contributed by atoms with Gasteiger partial charge in [-0.1, -0.05) is 44.2 Å². The summed E-state index contributed by atoms with van der Waals surface area (Å²) >= 11 is 2.78. The fraction of sp³-hybridized carbons (Fsp3) is 0.481. The quantitative estimate of drug-likeness (QED) is 0.521. The zero-order valence-electron chi connectivity index (χ0n) is 22.2. The lowest BCUT2D eigenvalue weighted by Gasteiger charge is -2.23. The van der Waals surface area contributed by atoms with E-state index in [4.69, 9.17) is 9.73 Å². The van der Waals surface area contributed by atoms with Gasteiger partial charge in [0.05, 0.1) is 17.1 Å². The van der Waals surface area contributed by atoms with E-state index in [0.29, 0.717) is 28.1 Å². The van der Waals surface area contributed by atoms with Crippen LogP contribution in [0.5, 0.6) is 0 Å². The maximum Gasteiger partial charge on any atom is 0.271 e. The number of thiazole rings is 1. The Balaban J connectivity index is 1.50. The Kier molecular flexibility index (Phi) is 8.03. The number of hydrogen-bond donors (Lipinski definition) is 3. The molecule has 3 N–H and O–H groups in total. The first-order valence-electron chi connectivity index (χ1n) is 13.1. The van der Waals surface area contributed by atoms with Gasteiger partial charge in [0.25, 0.3) is 5.91 Å². The maximum atomic E-state index is 13.3. The van der Waals surface area contributed by atoms with E-state index in [2.05, 4.69) is 25.9 Å². The number of benzene rings is 1. The monoisotopic (exact) mass is 568 g/mol. The smallest absolute Gasteiger partial charge is 0.271 e. The van der Waals surface area contributed by atoms with Crippen LogP contribution in [0.25, 0.3) is 0 Å². The second kappa shape index (κ2) is 11.5. The van der Waals surface area contributed by atoms with E-state index in [0.717, 1.165) is 5.56 Å². The van der Waals surface area contributed by atoms with Gasteiger partial charge in [-0.15, -0.1) is 23.1 Å². The van der Waals surface area contributed by atoms with Crippen LogP contribution in [0, 0.1) is 5.92 Å². The lowest BCUT2D eigenvalue weighted by atomic mass is 10.0. The number of thioether (sulfide) groups is 1. The summed E-state index contributed by atoms with van der Waals surface area (Å²) in [6, 6.07) is 7.11. The molecule has 4 heterocycles. The molecule has 2 aromatic rings. The van der Waals surface area contributed by atoms with Crippen molar-refractivity contribution in [2.75, 3.05) is 5.75 Å². The highest BCUT2D eigenvalue weighted by molar-refractivity contribution is 8.14. The molecule has 39 heavy (non-hydrogen) atoms. The Labute approximate surface area is 235 Å². The van der Waals surface area contributed by atoms with E-state index >= 15 is 0 Å². The average molecular weight is 569 g/mol. The van der Waals surface area contributed by atoms with Crippen molar-refractivity contribution in [2.24, 2.45) is 15.9 Å². The first kappa shape index (κ1) is 27.3. The van der Waals surface area contributed by atoms with Crippen molar-refractivity contribution in [3.05, 3.63) is 52.0 Å². The van der Waals surface area contributed by atoms with Gasteiger partial charge in [0.1, 0.15) is 28.9 Å². The molecule has 3 aliphatic heterocycles. The van der Waals surface area contributed by atoms with Crippen LogP contribution in [0.3, 0.4) is 0 Å². The van der Waals surface area contributed by atoms with Gasteiger partial charge >= 0.3 is 0 Å². The predicted molar refractivity (Wildman–Crippen MR) is 152 cm³/mol. The molecule has 0 aliphatic carbocycles. The molecular weight excluding hydrogens is 536 g/mol. The zero-order chi connectivity index (χ0) is 27.7. The Morgan fingerprint density at radius 1 is 1.03 bits per heavy atom. The van der Waals surface area contributed by atoms with Crippen LogP contribution in [0.4, 0.5) is 0 Å². The molecule has 0 saturated carbocycles. The number of amides is 3. The first-order valence-corrected chi connectivity index (χ1v) is 14.9. The number of aliphatic imine (C=N–C) groups is 2. The van der Waals surface area contributed by atoms with Crippen molar-refractivity contribution < 1.29 is 19.1 Å². The normalized spacial score (nSPS) is 29.4. The number of aromatic nitrogens is 1. The van der Waals surface area contributed by atoms with Gasteiger partial charge in [-0.2, -0.15) is 0 Å². The topological polar surface area (TPSA) is 134 Å². The second-order valence-electron chi connectivity index (χ2n) is 10.3. The van der Waals surface area contributed by atoms with Crippen LogP contribution >= 0.6 is 23.1 Å². The predicted octanol–water partition coefficient (Wildman–Crippen LogP) is 2.52. The Bertz CT molecular complexity index is 1310. The fourth-order valence-corrected chi connectivity index (χ4v) is 6.57. The molecule has 0 spiro atoms. The van der Waals surface area contributed by atoms with Crippen LogP contribution in [0.2, 0.25) is 0 Å². The molecule has 0 radical (unpaired) electrons. The third-order valence-electron chi connectivity index (χ3n) is 6.86. The molecule has 5 rings (SSSR count). The zero-order valence-corrected chi connectivity index (χ0v) is 23.8. The Morgan fingerprint density at radius 2 is 1.79 bits per heavy atom. The molecule has 6 bridgehead atoms. The summed E-state index contributed by atoms with van der Waals surface area (Å²) in [4.78, 5) is 53.6. The number of ether oxygens (including phenoxy) is 1. The molecule has 1 aromatic heterocycles. The Hall–Kier alpha value is -3.25. The van der Waals surface area contributed by atoms with Gasteiger partial charge in [-0.25, -0.2) is 9.98 Å². The number of hydrogen-bond acceptors (Lipinski definition) is 9. The Morgan fingerprint density at radius 3 is 2.54 bits per heavy atom. The van der Waals surface area contributed by atoms with E-state index in [1.165, 1.54) is 23.1 Å². The molecule has 3 amide bonds. The van der Waals surface area contributed by atoms with Crippen molar-refractivity contribution in [1.82, 2.24) is 20.9 Å². The van der Waals surface area contributed by atoms with Gasteiger partial charge in [0, 0.05) is 11.1 Å². The molecule has 3 aliphatic rings. The summed E-state index contributed by atoms with van der Waals surface area (Å²) in [5.41, 5.74) is 1.31. The minimum Gasteiger partial charge on any atom is -0.474 e. The molecule has 1 aromatic carbocycles. The third-order valence-corrected chi connectivity index (χ3v) is 9.06. The molecule has 206 valence electrons. The van der Waals surface area contributed by atoms with E-state index in [1.54, 1.807) is 12.3 Å². The molecule has 0 unspecified atom stereocenters. The molecule has 0 fully saturated rings. The summed E-state index contributed by atoms with van der Waals surface area (Å²) in [5.74, 6) is -0.0956. The van der Waals surface area contributed by atoms with Crippen LogP contribution in [0.1, 0.15) is 54.8 Å². The number of carbonyl (C=O) groups is 3. The summed E-state index contributed by atoms with van der Waals surface area (Å²) in [6.07, 6.45) is 0.0323. The minimum atomic E-state index is -0.757. The van der Waals surface area contributed by atoms with E-state index in [9.17, 15) is 14.4 Å². The average Bonchev–Trinajstić information content (AvgIpc) is 3.66. The number of rotatable bonds is 3. The second-order valence-corrected chi connectivity index (χ2v) is 12.2. The van der Waals surface area contributed by atoms with Crippen molar-refractivity contribution >= 4 is 51.8 Å². The highest BCUT2D eigenvalue weighted by Gasteiger charge is 2.40.